The van der Waals surface area contributed by atoms with E-state index in [9.17, 15) is 13.6 Å². The molecule has 1 rings (SSSR count). The van der Waals surface area contributed by atoms with Gasteiger partial charge in [-0.1, -0.05) is 0 Å². The number of carbonyl (C=O) groups excluding carboxylic acids is 1. The summed E-state index contributed by atoms with van der Waals surface area (Å²) < 4.78 is 25.6. The van der Waals surface area contributed by atoms with E-state index in [4.69, 9.17) is 11.6 Å². The minimum absolute atomic E-state index is 0.00861. The van der Waals surface area contributed by atoms with Gasteiger partial charge in [-0.2, -0.15) is 0 Å². The van der Waals surface area contributed by atoms with E-state index >= 15 is 0 Å². The van der Waals surface area contributed by atoms with E-state index in [0.29, 0.717) is 0 Å². The summed E-state index contributed by atoms with van der Waals surface area (Å²) in [5, 5.41) is -0.981. The molecule has 0 amide bonds. The molecular weight excluding hydrogens is 333 g/mol. The maximum absolute atomic E-state index is 13.2. The Kier molecular flexibility index (Phi) is 3.43. The molecule has 1 aromatic carbocycles. The van der Waals surface area contributed by atoms with Crippen LogP contribution in [0.4, 0.5) is 8.78 Å². The van der Waals surface area contributed by atoms with Crippen molar-refractivity contribution in [3.8, 4) is 0 Å². The van der Waals surface area contributed by atoms with Crippen LogP contribution in [0.1, 0.15) is 10.4 Å². The van der Waals surface area contributed by atoms with Gasteiger partial charge in [-0.15, -0.1) is 0 Å². The molecule has 6 heteroatoms. The molecule has 0 aliphatic carbocycles. The smallest absolute Gasteiger partial charge is 0.256 e. The fourth-order valence-electron chi connectivity index (χ4n) is 0.746. The minimum atomic E-state index is -1.01. The van der Waals surface area contributed by atoms with Crippen LogP contribution in [-0.2, 0) is 0 Å². The summed E-state index contributed by atoms with van der Waals surface area (Å²) in [4.78, 5) is 10.7. The number of benzene rings is 1. The van der Waals surface area contributed by atoms with Crippen LogP contribution in [0.15, 0.2) is 15.0 Å². The van der Waals surface area contributed by atoms with Crippen molar-refractivity contribution in [2.75, 3.05) is 0 Å². The predicted molar refractivity (Wildman–Crippen MR) is 51.9 cm³/mol. The highest BCUT2D eigenvalue weighted by Crippen LogP contribution is 2.30. The van der Waals surface area contributed by atoms with Gasteiger partial charge in [0.1, 0.15) is 5.82 Å². The highest BCUT2D eigenvalue weighted by molar-refractivity contribution is 9.11. The van der Waals surface area contributed by atoms with Crippen molar-refractivity contribution in [1.29, 1.82) is 0 Å². The van der Waals surface area contributed by atoms with Crippen molar-refractivity contribution in [1.82, 2.24) is 0 Å². The third-order valence-corrected chi connectivity index (χ3v) is 2.85. The Hall–Kier alpha value is -0.000000000000000111. The molecule has 0 bridgehead atoms. The van der Waals surface area contributed by atoms with Gasteiger partial charge in [0.05, 0.1) is 10.0 Å². The van der Waals surface area contributed by atoms with Gasteiger partial charge >= 0.3 is 0 Å². The summed E-state index contributed by atoms with van der Waals surface area (Å²) in [7, 11) is 0. The zero-order valence-corrected chi connectivity index (χ0v) is 9.80. The Morgan fingerprint density at radius 1 is 1.38 bits per heavy atom. The lowest BCUT2D eigenvalue weighted by Gasteiger charge is -2.03. The fraction of sp³-hybridized carbons (Fsp3) is 0. The number of hydrogen-bond donors (Lipinski definition) is 0. The first-order chi connectivity index (χ1) is 5.95. The summed E-state index contributed by atoms with van der Waals surface area (Å²) in [5.74, 6) is -1.81. The Balaban J connectivity index is 3.53. The maximum Gasteiger partial charge on any atom is 0.256 e. The van der Waals surface area contributed by atoms with Crippen LogP contribution in [0, 0.1) is 11.6 Å². The quantitative estimate of drug-likeness (QED) is 0.433. The summed E-state index contributed by atoms with van der Waals surface area (Å²) in [6, 6.07) is 0.961. The lowest BCUT2D eigenvalue weighted by atomic mass is 10.2. The van der Waals surface area contributed by atoms with Crippen molar-refractivity contribution in [2.45, 2.75) is 0 Å². The van der Waals surface area contributed by atoms with Crippen LogP contribution in [0.3, 0.4) is 0 Å². The molecule has 0 spiro atoms. The second-order valence-electron chi connectivity index (χ2n) is 2.12. The summed E-state index contributed by atoms with van der Waals surface area (Å²) >= 11 is 10.6. The van der Waals surface area contributed by atoms with E-state index in [1.165, 1.54) is 0 Å². The zero-order valence-electron chi connectivity index (χ0n) is 5.88. The molecule has 0 aliphatic rings. The Morgan fingerprint density at radius 3 is 2.38 bits per heavy atom. The van der Waals surface area contributed by atoms with Crippen LogP contribution in [0.5, 0.6) is 0 Å². The van der Waals surface area contributed by atoms with Crippen molar-refractivity contribution in [3.63, 3.8) is 0 Å². The molecule has 1 nitrogen and oxygen atoms in total. The average molecular weight is 334 g/mol. The number of hydrogen-bond acceptors (Lipinski definition) is 1. The van der Waals surface area contributed by atoms with E-state index in [2.05, 4.69) is 31.9 Å². The second kappa shape index (κ2) is 4.02. The number of halogens is 5. The fourth-order valence-corrected chi connectivity index (χ4v) is 1.91. The normalized spacial score (nSPS) is 10.2. The first-order valence-corrected chi connectivity index (χ1v) is 4.94. The van der Waals surface area contributed by atoms with Crippen molar-refractivity contribution >= 4 is 48.7 Å². The molecule has 0 saturated carbocycles. The van der Waals surface area contributed by atoms with Crippen molar-refractivity contribution in [2.24, 2.45) is 0 Å². The molecule has 0 aliphatic heterocycles. The van der Waals surface area contributed by atoms with E-state index in [-0.39, 0.29) is 10.0 Å². The van der Waals surface area contributed by atoms with Gasteiger partial charge in [0.25, 0.3) is 5.24 Å². The van der Waals surface area contributed by atoms with Gasteiger partial charge in [-0.3, -0.25) is 4.79 Å². The molecule has 0 unspecified atom stereocenters. The van der Waals surface area contributed by atoms with Gasteiger partial charge in [0.15, 0.2) is 5.82 Å². The lowest BCUT2D eigenvalue weighted by molar-refractivity contribution is 0.107. The largest absolute Gasteiger partial charge is 0.275 e. The van der Waals surface area contributed by atoms with Crippen LogP contribution in [0.25, 0.3) is 0 Å². The van der Waals surface area contributed by atoms with Gasteiger partial charge in [-0.05, 0) is 49.5 Å². The molecule has 70 valence electrons. The van der Waals surface area contributed by atoms with Gasteiger partial charge < -0.3 is 0 Å². The van der Waals surface area contributed by atoms with Crippen LogP contribution in [0.2, 0.25) is 0 Å². The van der Waals surface area contributed by atoms with Gasteiger partial charge in [-0.25, -0.2) is 8.78 Å². The predicted octanol–water partition coefficient (Wildman–Crippen LogP) is 3.87. The molecule has 0 heterocycles. The SMILES string of the molecule is O=C(Cl)c1c(Br)cc(F)c(Br)c1F. The van der Waals surface area contributed by atoms with E-state index in [0.717, 1.165) is 6.07 Å². The summed E-state index contributed by atoms with van der Waals surface area (Å²) in [6.45, 7) is 0. The van der Waals surface area contributed by atoms with E-state index in [1.807, 2.05) is 0 Å². The molecule has 0 saturated heterocycles. The molecule has 1 aromatic rings. The van der Waals surface area contributed by atoms with Crippen LogP contribution < -0.4 is 0 Å². The second-order valence-corrected chi connectivity index (χ2v) is 4.11. The average Bonchev–Trinajstić information content (AvgIpc) is 1.99. The monoisotopic (exact) mass is 332 g/mol. The standard InChI is InChI=1S/C7HBr2ClF2O/c8-2-1-3(11)5(9)6(12)4(2)7(10)13/h1H. The third-order valence-electron chi connectivity index (χ3n) is 1.31. The molecule has 13 heavy (non-hydrogen) atoms. The zero-order chi connectivity index (χ0) is 10.2. The summed E-state index contributed by atoms with van der Waals surface area (Å²) in [6.07, 6.45) is 0. The Labute approximate surface area is 94.3 Å². The molecule has 0 radical (unpaired) electrons. The lowest BCUT2D eigenvalue weighted by Crippen LogP contribution is -1.99. The maximum atomic E-state index is 13.2. The molecule has 0 aromatic heterocycles. The third kappa shape index (κ3) is 2.08. The molecule has 0 fully saturated rings. The van der Waals surface area contributed by atoms with Crippen molar-refractivity contribution < 1.29 is 13.6 Å². The molecular formula is C7HBr2ClF2O. The molecule has 0 N–H and O–H groups in total. The van der Waals surface area contributed by atoms with Gasteiger partial charge in [0, 0.05) is 4.47 Å². The van der Waals surface area contributed by atoms with Crippen LogP contribution in [-0.4, -0.2) is 5.24 Å². The Bertz CT molecular complexity index is 381. The van der Waals surface area contributed by atoms with Crippen molar-refractivity contribution in [3.05, 3.63) is 32.2 Å². The topological polar surface area (TPSA) is 17.1 Å². The highest BCUT2D eigenvalue weighted by atomic mass is 79.9. The Morgan fingerprint density at radius 2 is 1.92 bits per heavy atom. The minimum Gasteiger partial charge on any atom is -0.275 e. The first-order valence-electron chi connectivity index (χ1n) is 2.98. The van der Waals surface area contributed by atoms with Crippen LogP contribution >= 0.6 is 43.5 Å². The van der Waals surface area contributed by atoms with Gasteiger partial charge in [0.2, 0.25) is 0 Å². The van der Waals surface area contributed by atoms with E-state index in [1.54, 1.807) is 0 Å². The highest BCUT2D eigenvalue weighted by Gasteiger charge is 2.19. The number of carbonyl (C=O) groups is 1. The first kappa shape index (κ1) is 11.1. The van der Waals surface area contributed by atoms with E-state index < -0.39 is 21.3 Å². The summed E-state index contributed by atoms with van der Waals surface area (Å²) in [5.41, 5.74) is -0.380. The molecule has 0 atom stereocenters. The number of rotatable bonds is 1.